The number of hydrogen-bond acceptors (Lipinski definition) is 7. The Morgan fingerprint density at radius 2 is 1.82 bits per heavy atom. The molecular weight excluding hydrogens is 444 g/mol. The summed E-state index contributed by atoms with van der Waals surface area (Å²) in [5.74, 6) is -1.40. The summed E-state index contributed by atoms with van der Waals surface area (Å²) in [6, 6.07) is 6.50. The quantitative estimate of drug-likeness (QED) is 0.455. The van der Waals surface area contributed by atoms with Gasteiger partial charge in [0, 0.05) is 17.5 Å². The van der Waals surface area contributed by atoms with Crippen molar-refractivity contribution in [2.75, 3.05) is 7.11 Å². The number of sulfone groups is 1. The lowest BCUT2D eigenvalue weighted by Gasteiger charge is -2.17. The first-order valence-electron chi connectivity index (χ1n) is 10.6. The van der Waals surface area contributed by atoms with E-state index in [1.54, 1.807) is 19.1 Å². The predicted molar refractivity (Wildman–Crippen MR) is 123 cm³/mol. The molecule has 0 aromatic heterocycles. The van der Waals surface area contributed by atoms with E-state index in [4.69, 9.17) is 4.74 Å². The molecule has 2 aromatic rings. The van der Waals surface area contributed by atoms with Gasteiger partial charge in [-0.3, -0.25) is 4.79 Å². The molecule has 0 saturated carbocycles. The van der Waals surface area contributed by atoms with Crippen LogP contribution in [-0.2, 0) is 42.9 Å². The molecule has 0 aliphatic carbocycles. The van der Waals surface area contributed by atoms with Gasteiger partial charge in [0.2, 0.25) is 0 Å². The van der Waals surface area contributed by atoms with E-state index in [1.807, 2.05) is 19.9 Å². The first kappa shape index (κ1) is 24.5. The minimum atomic E-state index is -3.79. The molecule has 0 saturated heterocycles. The van der Waals surface area contributed by atoms with Crippen molar-refractivity contribution in [1.82, 2.24) is 0 Å². The molecule has 1 heterocycles. The number of phenols is 1. The van der Waals surface area contributed by atoms with Crippen molar-refractivity contribution >= 4 is 21.8 Å². The van der Waals surface area contributed by atoms with Gasteiger partial charge in [-0.1, -0.05) is 29.3 Å². The Morgan fingerprint density at radius 3 is 2.45 bits per heavy atom. The van der Waals surface area contributed by atoms with Gasteiger partial charge in [-0.2, -0.15) is 0 Å². The summed E-state index contributed by atoms with van der Waals surface area (Å²) in [5.41, 5.74) is 3.68. The van der Waals surface area contributed by atoms with Crippen molar-refractivity contribution < 1.29 is 32.6 Å². The Morgan fingerprint density at radius 1 is 1.15 bits per heavy atom. The van der Waals surface area contributed by atoms with Crippen LogP contribution < -0.4 is 0 Å². The molecule has 8 heteroatoms. The summed E-state index contributed by atoms with van der Waals surface area (Å²) < 4.78 is 36.3. The summed E-state index contributed by atoms with van der Waals surface area (Å²) in [4.78, 5) is 24.1. The topological polar surface area (TPSA) is 107 Å². The zero-order valence-corrected chi connectivity index (χ0v) is 20.0. The van der Waals surface area contributed by atoms with E-state index < -0.39 is 21.6 Å². The maximum absolute atomic E-state index is 13.2. The molecule has 0 unspecified atom stereocenters. The van der Waals surface area contributed by atoms with Crippen LogP contribution in [0, 0.1) is 13.8 Å². The Bertz CT molecular complexity index is 1220. The number of cyclic esters (lactones) is 1. The van der Waals surface area contributed by atoms with E-state index in [1.165, 1.54) is 19.2 Å². The molecule has 1 aliphatic heterocycles. The standard InChI is InChI=1S/C25H28O7S/c1-15-5-9-18(10-6-15)33(29,30)14-21-19(11-7-16(2)8-12-22(26)31-4)24(27)17(3)20-13-32-25(28)23(20)21/h5-7,9-10,27H,8,11-14H2,1-4H3/b16-7+. The van der Waals surface area contributed by atoms with Crippen LogP contribution in [0.4, 0.5) is 0 Å². The Kier molecular flexibility index (Phi) is 7.27. The van der Waals surface area contributed by atoms with Gasteiger partial charge in [0.25, 0.3) is 0 Å². The Labute approximate surface area is 194 Å². The van der Waals surface area contributed by atoms with Gasteiger partial charge in [0.15, 0.2) is 9.84 Å². The molecule has 0 spiro atoms. The number of aromatic hydroxyl groups is 1. The van der Waals surface area contributed by atoms with E-state index in [9.17, 15) is 23.1 Å². The monoisotopic (exact) mass is 472 g/mol. The zero-order valence-electron chi connectivity index (χ0n) is 19.2. The molecule has 176 valence electrons. The van der Waals surface area contributed by atoms with Crippen molar-refractivity contribution in [3.63, 3.8) is 0 Å². The van der Waals surface area contributed by atoms with Gasteiger partial charge in [-0.25, -0.2) is 13.2 Å². The molecule has 0 atom stereocenters. The van der Waals surface area contributed by atoms with Gasteiger partial charge in [-0.15, -0.1) is 0 Å². The van der Waals surface area contributed by atoms with E-state index in [2.05, 4.69) is 4.74 Å². The summed E-state index contributed by atoms with van der Waals surface area (Å²) >= 11 is 0. The molecule has 2 aromatic carbocycles. The molecule has 3 rings (SSSR count). The predicted octanol–water partition coefficient (Wildman–Crippen LogP) is 4.10. The number of allylic oxidation sites excluding steroid dienone is 2. The maximum Gasteiger partial charge on any atom is 0.339 e. The third kappa shape index (κ3) is 5.27. The smallest absolute Gasteiger partial charge is 0.339 e. The lowest BCUT2D eigenvalue weighted by molar-refractivity contribution is -0.140. The van der Waals surface area contributed by atoms with Crippen LogP contribution >= 0.6 is 0 Å². The molecule has 33 heavy (non-hydrogen) atoms. The van der Waals surface area contributed by atoms with Crippen LogP contribution in [0.2, 0.25) is 0 Å². The van der Waals surface area contributed by atoms with Crippen LogP contribution in [0.15, 0.2) is 40.8 Å². The second-order valence-corrected chi connectivity index (χ2v) is 10.3. The highest BCUT2D eigenvalue weighted by atomic mass is 32.2. The molecule has 0 amide bonds. The van der Waals surface area contributed by atoms with Crippen LogP contribution in [0.3, 0.4) is 0 Å². The molecule has 0 radical (unpaired) electrons. The van der Waals surface area contributed by atoms with E-state index in [0.717, 1.165) is 11.1 Å². The summed E-state index contributed by atoms with van der Waals surface area (Å²) in [5, 5.41) is 10.9. The van der Waals surface area contributed by atoms with Crippen LogP contribution in [-0.4, -0.2) is 32.6 Å². The second-order valence-electron chi connectivity index (χ2n) is 8.26. The number of carbonyl (C=O) groups excluding carboxylic acids is 2. The number of phenolic OH excluding ortho intramolecular Hbond substituents is 1. The number of methoxy groups -OCH3 is 1. The molecule has 0 bridgehead atoms. The van der Waals surface area contributed by atoms with E-state index in [0.29, 0.717) is 23.1 Å². The van der Waals surface area contributed by atoms with E-state index >= 15 is 0 Å². The minimum absolute atomic E-state index is 0.000580. The lowest BCUT2D eigenvalue weighted by Crippen LogP contribution is -2.13. The first-order valence-corrected chi connectivity index (χ1v) is 12.3. The Hall–Kier alpha value is -3.13. The zero-order chi connectivity index (χ0) is 24.3. The molecule has 1 aliphatic rings. The molecule has 0 fully saturated rings. The maximum atomic E-state index is 13.2. The average molecular weight is 473 g/mol. The number of ether oxygens (including phenoxy) is 2. The number of aryl methyl sites for hydroxylation is 1. The number of benzene rings is 2. The van der Waals surface area contributed by atoms with Crippen LogP contribution in [0.25, 0.3) is 0 Å². The van der Waals surface area contributed by atoms with Crippen molar-refractivity contribution in [3.8, 4) is 5.75 Å². The van der Waals surface area contributed by atoms with Crippen LogP contribution in [0.5, 0.6) is 5.75 Å². The van der Waals surface area contributed by atoms with Gasteiger partial charge in [0.05, 0.1) is 23.3 Å². The minimum Gasteiger partial charge on any atom is -0.507 e. The van der Waals surface area contributed by atoms with Gasteiger partial charge < -0.3 is 14.6 Å². The van der Waals surface area contributed by atoms with Crippen molar-refractivity contribution in [2.45, 2.75) is 57.3 Å². The number of fused-ring (bicyclic) bond motifs is 1. The van der Waals surface area contributed by atoms with Gasteiger partial charge >= 0.3 is 11.9 Å². The number of carbonyl (C=O) groups is 2. The van der Waals surface area contributed by atoms with Crippen LogP contribution in [0.1, 0.15) is 57.9 Å². The first-order chi connectivity index (χ1) is 15.5. The normalized spacial score (nSPS) is 13.6. The third-order valence-corrected chi connectivity index (χ3v) is 7.59. The highest BCUT2D eigenvalue weighted by Crippen LogP contribution is 2.39. The van der Waals surface area contributed by atoms with Crippen molar-refractivity contribution in [3.05, 3.63) is 69.3 Å². The molecular formula is C25H28O7S. The Balaban J connectivity index is 2.05. The summed E-state index contributed by atoms with van der Waals surface area (Å²) in [7, 11) is -2.47. The largest absolute Gasteiger partial charge is 0.507 e. The summed E-state index contributed by atoms with van der Waals surface area (Å²) in [6.45, 7) is 5.40. The number of rotatable bonds is 8. The van der Waals surface area contributed by atoms with E-state index in [-0.39, 0.29) is 47.2 Å². The van der Waals surface area contributed by atoms with Crippen molar-refractivity contribution in [1.29, 1.82) is 0 Å². The molecule has 7 nitrogen and oxygen atoms in total. The fourth-order valence-electron chi connectivity index (χ4n) is 3.85. The molecule has 1 N–H and O–H groups in total. The number of esters is 2. The third-order valence-electron chi connectivity index (χ3n) is 5.93. The van der Waals surface area contributed by atoms with Gasteiger partial charge in [0.1, 0.15) is 12.4 Å². The average Bonchev–Trinajstić information content (AvgIpc) is 3.17. The fourth-order valence-corrected chi connectivity index (χ4v) is 5.26. The summed E-state index contributed by atoms with van der Waals surface area (Å²) in [6.07, 6.45) is 2.72. The highest BCUT2D eigenvalue weighted by molar-refractivity contribution is 7.90. The second kappa shape index (κ2) is 9.79. The SMILES string of the molecule is COC(=O)CC/C(C)=C/Cc1c(O)c(C)c2c(c1CS(=O)(=O)c1ccc(C)cc1)C(=O)OC2. The van der Waals surface area contributed by atoms with Gasteiger partial charge in [-0.05, 0) is 56.9 Å². The number of hydrogen-bond donors (Lipinski definition) is 1. The lowest BCUT2D eigenvalue weighted by atomic mass is 9.91. The fraction of sp³-hybridized carbons (Fsp3) is 0.360. The highest BCUT2D eigenvalue weighted by Gasteiger charge is 2.33. The van der Waals surface area contributed by atoms with Crippen molar-refractivity contribution in [2.24, 2.45) is 0 Å².